The zero-order chi connectivity index (χ0) is 23.6. The molecule has 0 aromatic carbocycles. The Kier molecular flexibility index (Phi) is 11.0. The van der Waals surface area contributed by atoms with E-state index in [9.17, 15) is 9.59 Å². The van der Waals surface area contributed by atoms with Crippen LogP contribution in [-0.4, -0.2) is 44.5 Å². The molecule has 0 saturated heterocycles. The van der Waals surface area contributed by atoms with Gasteiger partial charge in [0.2, 0.25) is 0 Å². The van der Waals surface area contributed by atoms with Crippen molar-refractivity contribution in [3.8, 4) is 0 Å². The molecule has 6 heteroatoms. The van der Waals surface area contributed by atoms with Crippen LogP contribution in [0.25, 0.3) is 0 Å². The highest BCUT2D eigenvalue weighted by Gasteiger charge is 2.46. The van der Waals surface area contributed by atoms with Crippen molar-refractivity contribution in [2.45, 2.75) is 60.0 Å². The topological polar surface area (TPSA) is 71.1 Å². The molecule has 0 bridgehead atoms. The first kappa shape index (κ1) is 27.0. The Balaban J connectivity index is 2.95. The van der Waals surface area contributed by atoms with E-state index in [0.29, 0.717) is 32.7 Å². The lowest BCUT2D eigenvalue weighted by Gasteiger charge is -2.40. The van der Waals surface area contributed by atoms with E-state index in [0.717, 1.165) is 11.3 Å². The van der Waals surface area contributed by atoms with Gasteiger partial charge in [0.1, 0.15) is 12.2 Å². The molecule has 1 fully saturated rings. The molecule has 1 aliphatic rings. The van der Waals surface area contributed by atoms with Crippen LogP contribution in [0.4, 0.5) is 0 Å². The van der Waals surface area contributed by atoms with Gasteiger partial charge in [0, 0.05) is 7.11 Å². The first-order valence-corrected chi connectivity index (χ1v) is 11.1. The maximum Gasteiger partial charge on any atom is 0.309 e. The quantitative estimate of drug-likeness (QED) is 0.211. The Bertz CT molecular complexity index is 670. The van der Waals surface area contributed by atoms with Crippen LogP contribution in [0.5, 0.6) is 0 Å². The second-order valence-corrected chi connectivity index (χ2v) is 9.01. The van der Waals surface area contributed by atoms with E-state index in [1.807, 2.05) is 52.8 Å². The van der Waals surface area contributed by atoms with Gasteiger partial charge in [0.05, 0.1) is 30.8 Å². The minimum absolute atomic E-state index is 0.0906. The summed E-state index contributed by atoms with van der Waals surface area (Å²) < 4.78 is 21.5. The van der Waals surface area contributed by atoms with Crippen LogP contribution in [0.15, 0.2) is 36.1 Å². The number of ether oxygens (including phenoxy) is 4. The lowest BCUT2D eigenvalue weighted by atomic mass is 9.65. The molecule has 0 amide bonds. The average Bonchev–Trinajstić information content (AvgIpc) is 2.66. The number of carbonyl (C=O) groups is 2. The molecule has 6 nitrogen and oxygen atoms in total. The molecule has 0 spiro atoms. The second-order valence-electron chi connectivity index (χ2n) is 9.01. The predicted molar refractivity (Wildman–Crippen MR) is 121 cm³/mol. The van der Waals surface area contributed by atoms with Gasteiger partial charge in [-0.2, -0.15) is 0 Å². The smallest absolute Gasteiger partial charge is 0.309 e. The highest BCUT2D eigenvalue weighted by Crippen LogP contribution is 2.43. The van der Waals surface area contributed by atoms with E-state index in [2.05, 4.69) is 6.58 Å². The van der Waals surface area contributed by atoms with E-state index >= 15 is 0 Å². The molecule has 31 heavy (non-hydrogen) atoms. The summed E-state index contributed by atoms with van der Waals surface area (Å²) >= 11 is 0. The van der Waals surface area contributed by atoms with Gasteiger partial charge in [-0.3, -0.25) is 9.59 Å². The van der Waals surface area contributed by atoms with Gasteiger partial charge in [-0.25, -0.2) is 0 Å². The van der Waals surface area contributed by atoms with Crippen LogP contribution in [0.3, 0.4) is 0 Å². The van der Waals surface area contributed by atoms with Crippen LogP contribution >= 0.6 is 0 Å². The normalized spacial score (nSPS) is 24.7. The molecule has 176 valence electrons. The van der Waals surface area contributed by atoms with E-state index in [1.54, 1.807) is 14.0 Å². The number of rotatable bonds is 10. The fourth-order valence-corrected chi connectivity index (χ4v) is 3.93. The Morgan fingerprint density at radius 2 is 1.71 bits per heavy atom. The molecule has 0 aromatic heterocycles. The van der Waals surface area contributed by atoms with Crippen LogP contribution in [0, 0.1) is 23.7 Å². The van der Waals surface area contributed by atoms with Crippen LogP contribution in [-0.2, 0) is 28.5 Å². The van der Waals surface area contributed by atoms with Crippen LogP contribution in [0.2, 0.25) is 0 Å². The Hall–Kier alpha value is -2.08. The number of methoxy groups -OCH3 is 1. The van der Waals surface area contributed by atoms with Crippen molar-refractivity contribution in [3.63, 3.8) is 0 Å². The number of esters is 2. The number of hydrogen-bond acceptors (Lipinski definition) is 6. The monoisotopic (exact) mass is 436 g/mol. The molecular weight excluding hydrogens is 396 g/mol. The average molecular weight is 437 g/mol. The van der Waals surface area contributed by atoms with Crippen LogP contribution < -0.4 is 0 Å². The summed E-state index contributed by atoms with van der Waals surface area (Å²) in [5.74, 6) is -0.827. The van der Waals surface area contributed by atoms with Gasteiger partial charge in [0.15, 0.2) is 0 Å². The third-order valence-corrected chi connectivity index (χ3v) is 5.43. The van der Waals surface area contributed by atoms with Gasteiger partial charge in [-0.1, -0.05) is 31.2 Å². The molecule has 1 aliphatic carbocycles. The Morgan fingerprint density at radius 3 is 2.29 bits per heavy atom. The molecule has 0 N–H and O–H groups in total. The van der Waals surface area contributed by atoms with Crippen molar-refractivity contribution >= 4 is 11.9 Å². The molecular formula is C25H40O6. The van der Waals surface area contributed by atoms with E-state index < -0.39 is 11.5 Å². The fraction of sp³-hybridized carbons (Fsp3) is 0.680. The molecule has 4 atom stereocenters. The molecule has 0 radical (unpaired) electrons. The van der Waals surface area contributed by atoms with Crippen molar-refractivity contribution in [3.05, 3.63) is 36.1 Å². The van der Waals surface area contributed by atoms with E-state index in [-0.39, 0.29) is 29.7 Å². The van der Waals surface area contributed by atoms with Gasteiger partial charge < -0.3 is 18.9 Å². The lowest BCUT2D eigenvalue weighted by Crippen LogP contribution is -2.44. The zero-order valence-corrected chi connectivity index (χ0v) is 20.2. The fourth-order valence-electron chi connectivity index (χ4n) is 3.93. The molecule has 0 aliphatic heterocycles. The second kappa shape index (κ2) is 12.7. The third-order valence-electron chi connectivity index (χ3n) is 5.43. The van der Waals surface area contributed by atoms with E-state index in [1.165, 1.54) is 0 Å². The lowest BCUT2D eigenvalue weighted by molar-refractivity contribution is -0.168. The van der Waals surface area contributed by atoms with Crippen LogP contribution in [0.1, 0.15) is 54.4 Å². The molecule has 1 rings (SSSR count). The standard InChI is InChI=1S/C25H40O6/c1-9-29-24(27)22-19(4)21(23(26)31-25(5,6)7)14-13-20(22)17(2)11-10-12-18(3)30-16-15-28-8/h10-12,19-22H,2,9,13-16H2,1,3-8H3/b11-10-,18-12+/t19-,20-,21?,22-/m1/s1. The summed E-state index contributed by atoms with van der Waals surface area (Å²) in [5.41, 5.74) is 0.281. The SMILES string of the molecule is C=C(/C=C\C=C(/C)OCCOC)[C@H]1CCC(C(=O)OC(C)(C)C)[C@@H](C)[C@H]1C(=O)OCC. The minimum Gasteiger partial charge on any atom is -0.496 e. The summed E-state index contributed by atoms with van der Waals surface area (Å²) in [6, 6.07) is 0. The number of allylic oxidation sites excluding steroid dienone is 5. The first-order chi connectivity index (χ1) is 14.5. The number of carbonyl (C=O) groups excluding carboxylic acids is 2. The van der Waals surface area contributed by atoms with Gasteiger partial charge >= 0.3 is 11.9 Å². The summed E-state index contributed by atoms with van der Waals surface area (Å²) in [6.45, 7) is 16.7. The highest BCUT2D eigenvalue weighted by atomic mass is 16.6. The molecule has 0 aromatic rings. The van der Waals surface area contributed by atoms with Crippen molar-refractivity contribution in [2.75, 3.05) is 26.9 Å². The predicted octanol–water partition coefficient (Wildman–Crippen LogP) is 4.85. The molecule has 1 unspecified atom stereocenters. The largest absolute Gasteiger partial charge is 0.496 e. The van der Waals surface area contributed by atoms with Crippen molar-refractivity contribution in [1.29, 1.82) is 0 Å². The molecule has 0 heterocycles. The summed E-state index contributed by atoms with van der Waals surface area (Å²) in [6.07, 6.45) is 6.96. The summed E-state index contributed by atoms with van der Waals surface area (Å²) in [4.78, 5) is 25.6. The third kappa shape index (κ3) is 8.90. The van der Waals surface area contributed by atoms with E-state index in [4.69, 9.17) is 18.9 Å². The Labute approximate surface area is 187 Å². The van der Waals surface area contributed by atoms with Crippen molar-refractivity contribution < 1.29 is 28.5 Å². The number of hydrogen-bond donors (Lipinski definition) is 0. The van der Waals surface area contributed by atoms with Gasteiger partial charge in [-0.05, 0) is 65.4 Å². The molecule has 1 saturated carbocycles. The van der Waals surface area contributed by atoms with Gasteiger partial charge in [0.25, 0.3) is 0 Å². The van der Waals surface area contributed by atoms with Gasteiger partial charge in [-0.15, -0.1) is 0 Å². The Morgan fingerprint density at radius 1 is 1.06 bits per heavy atom. The van der Waals surface area contributed by atoms with Crippen molar-refractivity contribution in [1.82, 2.24) is 0 Å². The maximum atomic E-state index is 12.8. The first-order valence-electron chi connectivity index (χ1n) is 11.1. The summed E-state index contributed by atoms with van der Waals surface area (Å²) in [7, 11) is 1.63. The summed E-state index contributed by atoms with van der Waals surface area (Å²) in [5, 5.41) is 0. The zero-order valence-electron chi connectivity index (χ0n) is 20.2. The maximum absolute atomic E-state index is 12.8. The minimum atomic E-state index is -0.561. The van der Waals surface area contributed by atoms with Crippen molar-refractivity contribution in [2.24, 2.45) is 23.7 Å². The highest BCUT2D eigenvalue weighted by molar-refractivity contribution is 5.78.